The number of nitrogens with zero attached hydrogens (tertiary/aromatic N) is 2. The van der Waals surface area contributed by atoms with Gasteiger partial charge in [-0.2, -0.15) is 4.31 Å². The van der Waals surface area contributed by atoms with Gasteiger partial charge in [-0.3, -0.25) is 4.79 Å². The molecule has 1 amide bonds. The fourth-order valence-corrected chi connectivity index (χ4v) is 3.93. The van der Waals surface area contributed by atoms with Crippen molar-refractivity contribution in [1.82, 2.24) is 9.46 Å². The van der Waals surface area contributed by atoms with Gasteiger partial charge in [0.2, 0.25) is 15.9 Å². The molecule has 0 radical (unpaired) electrons. The molecule has 2 rings (SSSR count). The second-order valence-corrected chi connectivity index (χ2v) is 10.0. The molecule has 24 heavy (non-hydrogen) atoms. The molecule has 1 aliphatic heterocycles. The number of carbonyl (C=O) groups is 1. The summed E-state index contributed by atoms with van der Waals surface area (Å²) in [4.78, 5) is 12.5. The molecule has 0 aliphatic carbocycles. The van der Waals surface area contributed by atoms with Crippen molar-refractivity contribution in [3.63, 3.8) is 0 Å². The van der Waals surface area contributed by atoms with Gasteiger partial charge in [0.05, 0.1) is 0 Å². The molecule has 7 nitrogen and oxygen atoms in total. The molecule has 1 atom stereocenters. The molecular formula is C15H24FN3O4S. The van der Waals surface area contributed by atoms with Crippen molar-refractivity contribution >= 4 is 21.7 Å². The van der Waals surface area contributed by atoms with Crippen LogP contribution in [0.2, 0.25) is 0 Å². The highest BCUT2D eigenvalue weighted by Gasteiger charge is 2.47. The summed E-state index contributed by atoms with van der Waals surface area (Å²) in [6.07, 6.45) is -1.04. The molecular weight excluding hydrogens is 337 g/mol. The van der Waals surface area contributed by atoms with Gasteiger partial charge in [-0.25, -0.2) is 12.8 Å². The molecule has 2 heterocycles. The monoisotopic (exact) mass is 361 g/mol. The maximum absolute atomic E-state index is 13.3. The Morgan fingerprint density at radius 1 is 1.38 bits per heavy atom. The van der Waals surface area contributed by atoms with E-state index in [1.165, 1.54) is 13.8 Å². The van der Waals surface area contributed by atoms with Crippen LogP contribution in [0, 0.1) is 0 Å². The smallest absolute Gasteiger partial charge is 0.247 e. The molecule has 136 valence electrons. The quantitative estimate of drug-likeness (QED) is 0.886. The highest BCUT2D eigenvalue weighted by atomic mass is 32.2. The van der Waals surface area contributed by atoms with E-state index >= 15 is 0 Å². The molecule has 1 fully saturated rings. The van der Waals surface area contributed by atoms with E-state index in [0.717, 1.165) is 4.31 Å². The molecule has 1 aliphatic rings. The lowest BCUT2D eigenvalue weighted by molar-refractivity contribution is -0.118. The van der Waals surface area contributed by atoms with E-state index in [1.807, 2.05) is 20.8 Å². The minimum Gasteiger partial charge on any atom is -0.359 e. The van der Waals surface area contributed by atoms with Gasteiger partial charge in [-0.05, 0) is 20.3 Å². The summed E-state index contributed by atoms with van der Waals surface area (Å²) in [6, 6.07) is 1.56. The van der Waals surface area contributed by atoms with Gasteiger partial charge in [0, 0.05) is 24.6 Å². The van der Waals surface area contributed by atoms with Crippen molar-refractivity contribution in [2.24, 2.45) is 0 Å². The first kappa shape index (κ1) is 18.9. The van der Waals surface area contributed by atoms with Gasteiger partial charge in [0.1, 0.15) is 11.9 Å². The number of halogens is 1. The van der Waals surface area contributed by atoms with Gasteiger partial charge in [0.15, 0.2) is 10.6 Å². The van der Waals surface area contributed by atoms with Crippen molar-refractivity contribution in [3.05, 3.63) is 11.8 Å². The number of hydrogen-bond donors (Lipinski definition) is 1. The normalized spacial score (nSPS) is 20.3. The highest BCUT2D eigenvalue weighted by molar-refractivity contribution is 7.91. The third kappa shape index (κ3) is 3.46. The molecule has 1 N–H and O–H groups in total. The number of aromatic nitrogens is 1. The third-order valence-corrected chi connectivity index (χ3v) is 6.60. The van der Waals surface area contributed by atoms with Crippen LogP contribution in [0.1, 0.15) is 46.8 Å². The van der Waals surface area contributed by atoms with Crippen LogP contribution in [0.4, 0.5) is 10.2 Å². The second kappa shape index (κ2) is 6.11. The van der Waals surface area contributed by atoms with Gasteiger partial charge < -0.3 is 9.84 Å². The Balaban J connectivity index is 2.17. The lowest BCUT2D eigenvalue weighted by Crippen LogP contribution is -2.51. The predicted molar refractivity (Wildman–Crippen MR) is 87.9 cm³/mol. The minimum atomic E-state index is -3.99. The van der Waals surface area contributed by atoms with E-state index in [0.29, 0.717) is 5.76 Å². The molecule has 0 unspecified atom stereocenters. The van der Waals surface area contributed by atoms with Gasteiger partial charge in [-0.1, -0.05) is 25.9 Å². The second-order valence-electron chi connectivity index (χ2n) is 7.54. The van der Waals surface area contributed by atoms with Gasteiger partial charge in [0.25, 0.3) is 0 Å². The Morgan fingerprint density at radius 3 is 2.46 bits per heavy atom. The average Bonchev–Trinajstić information content (AvgIpc) is 3.07. The van der Waals surface area contributed by atoms with Crippen molar-refractivity contribution in [1.29, 1.82) is 0 Å². The Hall–Kier alpha value is -1.48. The van der Waals surface area contributed by atoms with E-state index in [-0.39, 0.29) is 30.7 Å². The summed E-state index contributed by atoms with van der Waals surface area (Å²) in [5, 5.41) is 6.22. The lowest BCUT2D eigenvalue weighted by atomic mass is 9.93. The molecule has 1 aromatic heterocycles. The molecule has 1 saturated heterocycles. The van der Waals surface area contributed by atoms with Crippen molar-refractivity contribution in [2.45, 2.75) is 57.4 Å². The summed E-state index contributed by atoms with van der Waals surface area (Å²) < 4.78 is 43.1. The van der Waals surface area contributed by atoms with Gasteiger partial charge >= 0.3 is 0 Å². The maximum atomic E-state index is 13.3. The van der Waals surface area contributed by atoms with Gasteiger partial charge in [-0.15, -0.1) is 0 Å². The van der Waals surface area contributed by atoms with E-state index in [4.69, 9.17) is 4.52 Å². The number of hydrogen-bond acceptors (Lipinski definition) is 5. The molecule has 0 saturated carbocycles. The van der Waals surface area contributed by atoms with Crippen LogP contribution >= 0.6 is 0 Å². The van der Waals surface area contributed by atoms with Crippen LogP contribution in [0.3, 0.4) is 0 Å². The molecule has 9 heteroatoms. The predicted octanol–water partition coefficient (Wildman–Crippen LogP) is 2.06. The Bertz CT molecular complexity index is 721. The first-order chi connectivity index (χ1) is 10.9. The molecule has 1 aromatic rings. The largest absolute Gasteiger partial charge is 0.359 e. The van der Waals surface area contributed by atoms with Crippen LogP contribution in [-0.2, 0) is 20.2 Å². The number of rotatable bonds is 4. The number of alkyl halides is 1. The summed E-state index contributed by atoms with van der Waals surface area (Å²) in [5.41, 5.74) is -0.288. The van der Waals surface area contributed by atoms with Crippen LogP contribution in [0.5, 0.6) is 0 Å². The first-order valence-electron chi connectivity index (χ1n) is 7.78. The summed E-state index contributed by atoms with van der Waals surface area (Å²) in [6.45, 7) is 8.24. The fraction of sp³-hybridized carbons (Fsp3) is 0.733. The lowest BCUT2D eigenvalue weighted by Gasteiger charge is -2.28. The number of amides is 1. The van der Waals surface area contributed by atoms with E-state index in [2.05, 4.69) is 10.5 Å². The summed E-state index contributed by atoms with van der Waals surface area (Å²) in [7, 11) is -3.99. The molecule has 0 aromatic carbocycles. The zero-order valence-electron chi connectivity index (χ0n) is 14.6. The third-order valence-electron chi connectivity index (χ3n) is 4.12. The Morgan fingerprint density at radius 2 is 2.00 bits per heavy atom. The van der Waals surface area contributed by atoms with Crippen LogP contribution in [0.15, 0.2) is 10.6 Å². The van der Waals surface area contributed by atoms with Crippen molar-refractivity contribution in [3.8, 4) is 0 Å². The van der Waals surface area contributed by atoms with Crippen molar-refractivity contribution < 1.29 is 22.1 Å². The first-order valence-corrected chi connectivity index (χ1v) is 9.22. The zero-order chi connectivity index (χ0) is 18.3. The van der Waals surface area contributed by atoms with E-state index in [1.54, 1.807) is 6.07 Å². The van der Waals surface area contributed by atoms with Crippen molar-refractivity contribution in [2.75, 3.05) is 18.4 Å². The fourth-order valence-electron chi connectivity index (χ4n) is 2.30. The number of sulfonamides is 1. The van der Waals surface area contributed by atoms with Crippen LogP contribution in [0.25, 0.3) is 0 Å². The Labute approximate surface area is 141 Å². The zero-order valence-corrected chi connectivity index (χ0v) is 15.4. The summed E-state index contributed by atoms with van der Waals surface area (Å²) in [5.74, 6) is -0.0187. The SMILES string of the molecule is CC(C)(C)c1cc(NC(=O)C(C)(C)S(=O)(=O)N2CC[C@@H](F)C2)no1. The number of anilines is 1. The van der Waals surface area contributed by atoms with Crippen LogP contribution in [-0.4, -0.2) is 47.8 Å². The number of carbonyl (C=O) groups excluding carboxylic acids is 1. The molecule has 0 bridgehead atoms. The van der Waals surface area contributed by atoms with Crippen LogP contribution < -0.4 is 5.32 Å². The van der Waals surface area contributed by atoms with E-state index in [9.17, 15) is 17.6 Å². The highest BCUT2D eigenvalue weighted by Crippen LogP contribution is 2.28. The van der Waals surface area contributed by atoms with E-state index < -0.39 is 26.8 Å². The molecule has 0 spiro atoms. The topological polar surface area (TPSA) is 92.5 Å². The average molecular weight is 361 g/mol. The maximum Gasteiger partial charge on any atom is 0.247 e. The standard InChI is InChI=1S/C15H24FN3O4S/c1-14(2,3)11-8-12(18-23-11)17-13(20)15(4,5)24(21,22)19-7-6-10(16)9-19/h8,10H,6-7,9H2,1-5H3,(H,17,18,20)/t10-/m1/s1. The minimum absolute atomic E-state index is 0.0817. The Kier molecular flexibility index (Phi) is 4.80. The summed E-state index contributed by atoms with van der Waals surface area (Å²) >= 11 is 0. The number of nitrogens with one attached hydrogen (secondary N) is 1.